The average molecular weight is 446 g/mol. The van der Waals surface area contributed by atoms with E-state index in [9.17, 15) is 8.42 Å². The first kappa shape index (κ1) is 19.9. The molecule has 3 rings (SSSR count). The molecule has 0 aliphatic rings. The third-order valence-corrected chi connectivity index (χ3v) is 6.48. The van der Waals surface area contributed by atoms with Crippen LogP contribution in [0.2, 0.25) is 15.1 Å². The largest absolute Gasteiger partial charge is 0.264 e. The number of aromatic nitrogens is 3. The fourth-order valence-electron chi connectivity index (χ4n) is 2.48. The van der Waals surface area contributed by atoms with E-state index in [4.69, 9.17) is 34.8 Å². The van der Waals surface area contributed by atoms with Crippen LogP contribution in [0.3, 0.4) is 0 Å². The molecular formula is C17H15Cl3N4O2S. The first-order valence-corrected chi connectivity index (χ1v) is 10.4. The molecule has 6 nitrogen and oxygen atoms in total. The Labute approximate surface area is 172 Å². The number of nitrogens with zero attached hydrogens (tertiary/aromatic N) is 3. The van der Waals surface area contributed by atoms with Crippen molar-refractivity contribution < 1.29 is 8.42 Å². The van der Waals surface area contributed by atoms with Gasteiger partial charge >= 0.3 is 0 Å². The number of halogens is 3. The monoisotopic (exact) mass is 444 g/mol. The predicted octanol–water partition coefficient (Wildman–Crippen LogP) is 4.70. The number of nitrogens with one attached hydrogen (secondary N) is 1. The van der Waals surface area contributed by atoms with Gasteiger partial charge in [-0.05, 0) is 49.2 Å². The third-order valence-electron chi connectivity index (χ3n) is 3.89. The summed E-state index contributed by atoms with van der Waals surface area (Å²) >= 11 is 18.3. The van der Waals surface area contributed by atoms with Crippen LogP contribution in [0.5, 0.6) is 0 Å². The molecular weight excluding hydrogens is 431 g/mol. The van der Waals surface area contributed by atoms with Crippen LogP contribution in [0.1, 0.15) is 16.7 Å². The van der Waals surface area contributed by atoms with Crippen molar-refractivity contribution in [2.75, 3.05) is 4.72 Å². The van der Waals surface area contributed by atoms with Gasteiger partial charge in [0.2, 0.25) is 0 Å². The smallest absolute Gasteiger partial charge is 0.246 e. The van der Waals surface area contributed by atoms with E-state index >= 15 is 0 Å². The molecule has 2 aromatic carbocycles. The first-order valence-electron chi connectivity index (χ1n) is 7.79. The summed E-state index contributed by atoms with van der Waals surface area (Å²) in [4.78, 5) is 4.12. The van der Waals surface area contributed by atoms with Gasteiger partial charge in [0, 0.05) is 20.6 Å². The van der Waals surface area contributed by atoms with Gasteiger partial charge in [0.05, 0.1) is 11.4 Å². The highest BCUT2D eigenvalue weighted by atomic mass is 35.5. The number of aryl methyl sites for hydroxylation is 2. The zero-order chi connectivity index (χ0) is 19.8. The van der Waals surface area contributed by atoms with Gasteiger partial charge in [0.15, 0.2) is 0 Å². The molecule has 1 N–H and O–H groups in total. The van der Waals surface area contributed by atoms with Gasteiger partial charge in [-0.3, -0.25) is 0 Å². The molecule has 0 radical (unpaired) electrons. The number of hydrogen-bond acceptors (Lipinski definition) is 4. The lowest BCUT2D eigenvalue weighted by molar-refractivity contribution is 0.600. The second-order valence-electron chi connectivity index (χ2n) is 5.94. The zero-order valence-electron chi connectivity index (χ0n) is 14.4. The number of sulfonamides is 1. The number of benzene rings is 2. The molecule has 0 aliphatic carbocycles. The maximum absolute atomic E-state index is 12.7. The molecule has 0 amide bonds. The van der Waals surface area contributed by atoms with Gasteiger partial charge in [-0.15, -0.1) is 5.10 Å². The Morgan fingerprint density at radius 3 is 2.37 bits per heavy atom. The molecule has 0 bridgehead atoms. The summed E-state index contributed by atoms with van der Waals surface area (Å²) in [5.41, 5.74) is 1.86. The van der Waals surface area contributed by atoms with Crippen LogP contribution in [-0.4, -0.2) is 23.2 Å². The van der Waals surface area contributed by atoms with Gasteiger partial charge in [-0.1, -0.05) is 40.9 Å². The van der Waals surface area contributed by atoms with E-state index in [1.807, 2.05) is 0 Å². The van der Waals surface area contributed by atoms with E-state index in [1.54, 1.807) is 38.1 Å². The minimum absolute atomic E-state index is 0.0508. The van der Waals surface area contributed by atoms with Crippen LogP contribution in [0.25, 0.3) is 0 Å². The van der Waals surface area contributed by atoms with Crippen molar-refractivity contribution in [2.24, 2.45) is 0 Å². The molecule has 0 saturated heterocycles. The summed E-state index contributed by atoms with van der Waals surface area (Å²) in [6.07, 6.45) is 1.40. The van der Waals surface area contributed by atoms with Gasteiger partial charge in [0.1, 0.15) is 6.33 Å². The first-order chi connectivity index (χ1) is 12.7. The number of hydrogen-bond donors (Lipinski definition) is 1. The van der Waals surface area contributed by atoms with Crippen LogP contribution < -0.4 is 4.72 Å². The van der Waals surface area contributed by atoms with E-state index in [-0.39, 0.29) is 17.4 Å². The second kappa shape index (κ2) is 7.67. The molecule has 0 fully saturated rings. The molecule has 0 unspecified atom stereocenters. The van der Waals surface area contributed by atoms with E-state index < -0.39 is 10.0 Å². The van der Waals surface area contributed by atoms with Crippen LogP contribution in [0.15, 0.2) is 41.6 Å². The van der Waals surface area contributed by atoms with Crippen molar-refractivity contribution in [1.82, 2.24) is 14.8 Å². The zero-order valence-corrected chi connectivity index (χ0v) is 17.5. The SMILES string of the molecule is Cc1cc(S(=O)(=O)Nc2ncn(Cc3c(Cl)cccc3Cl)n2)c(C)cc1Cl. The van der Waals surface area contributed by atoms with Crippen LogP contribution in [0.4, 0.5) is 5.95 Å². The summed E-state index contributed by atoms with van der Waals surface area (Å²) in [6, 6.07) is 8.30. The number of rotatable bonds is 5. The molecule has 3 aromatic rings. The topological polar surface area (TPSA) is 76.9 Å². The Morgan fingerprint density at radius 1 is 1.04 bits per heavy atom. The van der Waals surface area contributed by atoms with E-state index in [2.05, 4.69) is 14.8 Å². The van der Waals surface area contributed by atoms with Crippen molar-refractivity contribution in [3.05, 3.63) is 68.4 Å². The maximum Gasteiger partial charge on any atom is 0.264 e. The number of anilines is 1. The Morgan fingerprint density at radius 2 is 1.70 bits per heavy atom. The highest BCUT2D eigenvalue weighted by Crippen LogP contribution is 2.26. The van der Waals surface area contributed by atoms with Crippen LogP contribution in [-0.2, 0) is 16.6 Å². The van der Waals surface area contributed by atoms with Crippen molar-refractivity contribution in [3.8, 4) is 0 Å². The van der Waals surface area contributed by atoms with Crippen molar-refractivity contribution in [2.45, 2.75) is 25.3 Å². The fraction of sp³-hybridized carbons (Fsp3) is 0.176. The van der Waals surface area contributed by atoms with Crippen molar-refractivity contribution in [1.29, 1.82) is 0 Å². The lowest BCUT2D eigenvalue weighted by Crippen LogP contribution is -2.16. The Bertz CT molecular complexity index is 1090. The van der Waals surface area contributed by atoms with E-state index in [0.717, 1.165) is 0 Å². The minimum Gasteiger partial charge on any atom is -0.246 e. The molecule has 142 valence electrons. The highest BCUT2D eigenvalue weighted by Gasteiger charge is 2.20. The second-order valence-corrected chi connectivity index (χ2v) is 8.81. The highest BCUT2D eigenvalue weighted by molar-refractivity contribution is 7.92. The molecule has 1 heterocycles. The Hall–Kier alpha value is -1.80. The van der Waals surface area contributed by atoms with E-state index in [1.165, 1.54) is 17.1 Å². The van der Waals surface area contributed by atoms with Crippen molar-refractivity contribution in [3.63, 3.8) is 0 Å². The fourth-order valence-corrected chi connectivity index (χ4v) is 4.48. The van der Waals surface area contributed by atoms with Crippen LogP contribution >= 0.6 is 34.8 Å². The van der Waals surface area contributed by atoms with E-state index in [0.29, 0.717) is 31.8 Å². The lowest BCUT2D eigenvalue weighted by Gasteiger charge is -2.10. The predicted molar refractivity (Wildman–Crippen MR) is 107 cm³/mol. The third kappa shape index (κ3) is 4.38. The lowest BCUT2D eigenvalue weighted by atomic mass is 10.2. The normalized spacial score (nSPS) is 11.6. The Kier molecular flexibility index (Phi) is 5.67. The van der Waals surface area contributed by atoms with Crippen LogP contribution in [0, 0.1) is 13.8 Å². The summed E-state index contributed by atoms with van der Waals surface area (Å²) < 4.78 is 29.2. The summed E-state index contributed by atoms with van der Waals surface area (Å²) in [5.74, 6) is -0.0508. The molecule has 0 atom stereocenters. The van der Waals surface area contributed by atoms with Gasteiger partial charge < -0.3 is 0 Å². The summed E-state index contributed by atoms with van der Waals surface area (Å²) in [5, 5.41) is 5.63. The average Bonchev–Trinajstić information content (AvgIpc) is 3.00. The van der Waals surface area contributed by atoms with Crippen molar-refractivity contribution >= 4 is 50.8 Å². The molecule has 27 heavy (non-hydrogen) atoms. The molecule has 0 spiro atoms. The summed E-state index contributed by atoms with van der Waals surface area (Å²) in [7, 11) is -3.86. The van der Waals surface area contributed by atoms with Gasteiger partial charge in [-0.25, -0.2) is 17.8 Å². The Balaban J connectivity index is 1.84. The molecule has 0 saturated carbocycles. The standard InChI is InChI=1S/C17H15Cl3N4O2S/c1-10-7-16(11(2)6-15(10)20)27(25,26)23-17-21-9-24(22-17)8-12-13(18)4-3-5-14(12)19/h3-7,9H,8H2,1-2H3,(H,22,23). The van der Waals surface area contributed by atoms with Gasteiger partial charge in [-0.2, -0.15) is 4.98 Å². The summed E-state index contributed by atoms with van der Waals surface area (Å²) in [6.45, 7) is 3.67. The quantitative estimate of drug-likeness (QED) is 0.617. The van der Waals surface area contributed by atoms with Gasteiger partial charge in [0.25, 0.3) is 16.0 Å². The minimum atomic E-state index is -3.86. The maximum atomic E-state index is 12.7. The molecule has 0 aliphatic heterocycles. The molecule has 10 heteroatoms. The molecule has 1 aromatic heterocycles.